The maximum absolute atomic E-state index is 11.8. The van der Waals surface area contributed by atoms with Gasteiger partial charge in [-0.15, -0.1) is 0 Å². The molecule has 1 amide bonds. The van der Waals surface area contributed by atoms with Crippen LogP contribution in [-0.2, 0) is 9.59 Å². The van der Waals surface area contributed by atoms with Gasteiger partial charge in [0.25, 0.3) is 0 Å². The molecule has 0 spiro atoms. The highest BCUT2D eigenvalue weighted by molar-refractivity contribution is 5.89. The molecule has 0 saturated carbocycles. The van der Waals surface area contributed by atoms with Gasteiger partial charge in [-0.05, 0) is 0 Å². The van der Waals surface area contributed by atoms with Gasteiger partial charge in [-0.2, -0.15) is 0 Å². The highest BCUT2D eigenvalue weighted by Gasteiger charge is 2.28. The van der Waals surface area contributed by atoms with Crippen LogP contribution in [0.1, 0.15) is 34.1 Å². The van der Waals surface area contributed by atoms with E-state index in [1.807, 2.05) is 27.7 Å². The lowest BCUT2D eigenvalue weighted by Crippen LogP contribution is -2.31. The monoisotopic (exact) mass is 199 g/mol. The van der Waals surface area contributed by atoms with E-state index in [0.29, 0.717) is 6.42 Å². The summed E-state index contributed by atoms with van der Waals surface area (Å²) in [6, 6.07) is 0. The van der Waals surface area contributed by atoms with E-state index in [9.17, 15) is 9.59 Å². The first-order chi connectivity index (χ1) is 6.16. The van der Waals surface area contributed by atoms with Gasteiger partial charge in [0.05, 0.1) is 0 Å². The fraction of sp³-hybridized carbons (Fsp3) is 0.818. The van der Waals surface area contributed by atoms with Crippen molar-refractivity contribution < 1.29 is 9.59 Å². The second-order valence-electron chi connectivity index (χ2n) is 5.01. The summed E-state index contributed by atoms with van der Waals surface area (Å²) in [7, 11) is 3.41. The first-order valence-electron chi connectivity index (χ1n) is 4.90. The van der Waals surface area contributed by atoms with Crippen LogP contribution in [0, 0.1) is 11.3 Å². The second-order valence-corrected chi connectivity index (χ2v) is 5.01. The number of Topliss-reactive ketones (excluding diaryl/α,β-unsaturated/α-hetero) is 1. The number of ketones is 1. The molecule has 0 N–H and O–H groups in total. The van der Waals surface area contributed by atoms with Crippen molar-refractivity contribution in [3.63, 3.8) is 0 Å². The molecule has 0 bridgehead atoms. The summed E-state index contributed by atoms with van der Waals surface area (Å²) < 4.78 is 0. The van der Waals surface area contributed by atoms with Gasteiger partial charge in [-0.25, -0.2) is 0 Å². The highest BCUT2D eigenvalue weighted by Crippen LogP contribution is 2.22. The lowest BCUT2D eigenvalue weighted by atomic mass is 9.82. The molecule has 0 fully saturated rings. The van der Waals surface area contributed by atoms with Crippen molar-refractivity contribution in [2.24, 2.45) is 11.3 Å². The van der Waals surface area contributed by atoms with E-state index in [2.05, 4.69) is 0 Å². The Morgan fingerprint density at radius 2 is 1.64 bits per heavy atom. The van der Waals surface area contributed by atoms with Crippen LogP contribution >= 0.6 is 0 Å². The topological polar surface area (TPSA) is 37.4 Å². The van der Waals surface area contributed by atoms with E-state index in [-0.39, 0.29) is 23.0 Å². The Hall–Kier alpha value is -0.860. The van der Waals surface area contributed by atoms with E-state index >= 15 is 0 Å². The molecular weight excluding hydrogens is 178 g/mol. The lowest BCUT2D eigenvalue weighted by Gasteiger charge is -2.22. The standard InChI is InChI=1S/C11H21NO2/c1-8(7-9(13)12(5)6)10(14)11(2,3)4/h8H,7H2,1-6H3. The fourth-order valence-corrected chi connectivity index (χ4v) is 1.28. The average Bonchev–Trinajstić information content (AvgIpc) is 2.00. The molecule has 0 radical (unpaired) electrons. The summed E-state index contributed by atoms with van der Waals surface area (Å²) in [6.45, 7) is 7.46. The predicted molar refractivity (Wildman–Crippen MR) is 56.9 cm³/mol. The van der Waals surface area contributed by atoms with Gasteiger partial charge in [0.2, 0.25) is 5.91 Å². The van der Waals surface area contributed by atoms with E-state index in [1.165, 1.54) is 4.90 Å². The van der Waals surface area contributed by atoms with Crippen LogP contribution in [0.2, 0.25) is 0 Å². The zero-order chi connectivity index (χ0) is 11.5. The molecule has 0 aromatic rings. The van der Waals surface area contributed by atoms with Gasteiger partial charge < -0.3 is 4.90 Å². The molecule has 1 unspecified atom stereocenters. The minimum absolute atomic E-state index is 0.00935. The zero-order valence-corrected chi connectivity index (χ0v) is 10.0. The van der Waals surface area contributed by atoms with Crippen LogP contribution in [0.25, 0.3) is 0 Å². The summed E-state index contributed by atoms with van der Waals surface area (Å²) in [4.78, 5) is 24.6. The molecular formula is C11H21NO2. The van der Waals surface area contributed by atoms with Crippen LogP contribution in [0.3, 0.4) is 0 Å². The maximum atomic E-state index is 11.8. The Morgan fingerprint density at radius 1 is 1.21 bits per heavy atom. The number of carbonyl (C=O) groups is 2. The van der Waals surface area contributed by atoms with Gasteiger partial charge in [0.15, 0.2) is 0 Å². The zero-order valence-electron chi connectivity index (χ0n) is 10.0. The van der Waals surface area contributed by atoms with Crippen LogP contribution in [0.15, 0.2) is 0 Å². The Labute approximate surface area is 86.5 Å². The van der Waals surface area contributed by atoms with Crippen LogP contribution in [-0.4, -0.2) is 30.7 Å². The normalized spacial score (nSPS) is 13.6. The first kappa shape index (κ1) is 13.1. The molecule has 0 aliphatic heterocycles. The highest BCUT2D eigenvalue weighted by atomic mass is 16.2. The molecule has 0 aromatic heterocycles. The van der Waals surface area contributed by atoms with Gasteiger partial charge in [0, 0.05) is 31.8 Å². The third kappa shape index (κ3) is 3.90. The second kappa shape index (κ2) is 4.58. The molecule has 3 heteroatoms. The van der Waals surface area contributed by atoms with Crippen molar-refractivity contribution in [2.45, 2.75) is 34.1 Å². The van der Waals surface area contributed by atoms with Crippen LogP contribution in [0.4, 0.5) is 0 Å². The van der Waals surface area contributed by atoms with Gasteiger partial charge >= 0.3 is 0 Å². The minimum Gasteiger partial charge on any atom is -0.349 e. The molecule has 0 aliphatic carbocycles. The smallest absolute Gasteiger partial charge is 0.222 e. The van der Waals surface area contributed by atoms with E-state index < -0.39 is 0 Å². The summed E-state index contributed by atoms with van der Waals surface area (Å²) >= 11 is 0. The third-order valence-corrected chi connectivity index (χ3v) is 2.17. The van der Waals surface area contributed by atoms with Gasteiger partial charge in [0.1, 0.15) is 5.78 Å². The maximum Gasteiger partial charge on any atom is 0.222 e. The van der Waals surface area contributed by atoms with E-state index in [0.717, 1.165) is 0 Å². The molecule has 0 aromatic carbocycles. The number of hydrogen-bond acceptors (Lipinski definition) is 2. The molecule has 0 heterocycles. The van der Waals surface area contributed by atoms with Crippen LogP contribution in [0.5, 0.6) is 0 Å². The predicted octanol–water partition coefficient (Wildman–Crippen LogP) is 1.72. The van der Waals surface area contributed by atoms with E-state index in [1.54, 1.807) is 14.1 Å². The number of nitrogens with zero attached hydrogens (tertiary/aromatic N) is 1. The Kier molecular flexibility index (Phi) is 4.30. The van der Waals surface area contributed by atoms with Crippen molar-refractivity contribution in [2.75, 3.05) is 14.1 Å². The number of carbonyl (C=O) groups excluding carboxylic acids is 2. The Balaban J connectivity index is 4.30. The first-order valence-corrected chi connectivity index (χ1v) is 4.90. The summed E-state index contributed by atoms with van der Waals surface area (Å²) in [5.74, 6) is -0.0345. The summed E-state index contributed by atoms with van der Waals surface area (Å²) in [5, 5.41) is 0. The number of rotatable bonds is 3. The summed E-state index contributed by atoms with van der Waals surface area (Å²) in [5.41, 5.74) is -0.355. The average molecular weight is 199 g/mol. The fourth-order valence-electron chi connectivity index (χ4n) is 1.28. The summed E-state index contributed by atoms with van der Waals surface area (Å²) in [6.07, 6.45) is 0.309. The molecule has 0 saturated heterocycles. The number of hydrogen-bond donors (Lipinski definition) is 0. The largest absolute Gasteiger partial charge is 0.349 e. The molecule has 3 nitrogen and oxygen atoms in total. The third-order valence-electron chi connectivity index (χ3n) is 2.17. The quantitative estimate of drug-likeness (QED) is 0.694. The van der Waals surface area contributed by atoms with Crippen molar-refractivity contribution >= 4 is 11.7 Å². The van der Waals surface area contributed by atoms with Crippen LogP contribution < -0.4 is 0 Å². The molecule has 0 rings (SSSR count). The Bertz CT molecular complexity index is 226. The van der Waals surface area contributed by atoms with E-state index in [4.69, 9.17) is 0 Å². The molecule has 0 aliphatic rings. The van der Waals surface area contributed by atoms with Crippen molar-refractivity contribution in [3.8, 4) is 0 Å². The SMILES string of the molecule is CC(CC(=O)N(C)C)C(=O)C(C)(C)C. The Morgan fingerprint density at radius 3 is 1.93 bits per heavy atom. The van der Waals surface area contributed by atoms with Gasteiger partial charge in [-0.1, -0.05) is 27.7 Å². The number of amides is 1. The lowest BCUT2D eigenvalue weighted by molar-refractivity contribution is -0.136. The van der Waals surface area contributed by atoms with Crippen molar-refractivity contribution in [1.29, 1.82) is 0 Å². The molecule has 14 heavy (non-hydrogen) atoms. The molecule has 82 valence electrons. The van der Waals surface area contributed by atoms with Gasteiger partial charge in [-0.3, -0.25) is 9.59 Å². The van der Waals surface area contributed by atoms with Crippen molar-refractivity contribution in [1.82, 2.24) is 4.90 Å². The van der Waals surface area contributed by atoms with Crippen molar-refractivity contribution in [3.05, 3.63) is 0 Å². The minimum atomic E-state index is -0.355. The molecule has 1 atom stereocenters.